The van der Waals surface area contributed by atoms with Crippen LogP contribution in [0.4, 0.5) is 0 Å². The van der Waals surface area contributed by atoms with E-state index in [1.54, 1.807) is 5.01 Å². The van der Waals surface area contributed by atoms with Gasteiger partial charge in [0.1, 0.15) is 11.7 Å². The minimum Gasteiger partial charge on any atom is -0.478 e. The molecule has 9 heteroatoms. The molecule has 1 aromatic carbocycles. The fourth-order valence-corrected chi connectivity index (χ4v) is 3.39. The van der Waals surface area contributed by atoms with Gasteiger partial charge in [0, 0.05) is 26.4 Å². The normalized spacial score (nSPS) is 22.9. The van der Waals surface area contributed by atoms with Crippen molar-refractivity contribution < 1.29 is 29.3 Å². The Kier molecular flexibility index (Phi) is 6.08. The van der Waals surface area contributed by atoms with Crippen molar-refractivity contribution in [3.8, 4) is 0 Å². The molecular weight excluding hydrogens is 366 g/mol. The van der Waals surface area contributed by atoms with Gasteiger partial charge < -0.3 is 19.8 Å². The van der Waals surface area contributed by atoms with Crippen LogP contribution in [0.1, 0.15) is 5.56 Å². The van der Waals surface area contributed by atoms with Gasteiger partial charge in [0.15, 0.2) is 6.04 Å². The number of carbonyl (C=O) groups is 3. The Balaban J connectivity index is 1.89. The van der Waals surface area contributed by atoms with Crippen LogP contribution >= 0.6 is 0 Å². The molecule has 28 heavy (non-hydrogen) atoms. The highest BCUT2D eigenvalue weighted by atomic mass is 16.5. The summed E-state index contributed by atoms with van der Waals surface area (Å²) in [6.45, 7) is 1.29. The number of rotatable bonds is 7. The molecule has 2 aliphatic heterocycles. The molecule has 150 valence electrons. The molecular formula is C19H23N3O6. The predicted octanol–water partition coefficient (Wildman–Crippen LogP) is -0.525. The number of methoxy groups -OCH3 is 1. The number of ether oxygens (including phenoxy) is 1. The van der Waals surface area contributed by atoms with E-state index in [1.165, 1.54) is 17.0 Å². The van der Waals surface area contributed by atoms with E-state index in [0.717, 1.165) is 11.8 Å². The number of aliphatic carboxylic acids is 1. The summed E-state index contributed by atoms with van der Waals surface area (Å²) in [5, 5.41) is 22.9. The van der Waals surface area contributed by atoms with E-state index in [9.17, 15) is 24.6 Å². The number of hydrogen-bond acceptors (Lipinski definition) is 7. The first kappa shape index (κ1) is 20.0. The van der Waals surface area contributed by atoms with Gasteiger partial charge in [-0.1, -0.05) is 30.3 Å². The molecule has 2 N–H and O–H groups in total. The molecule has 3 rings (SSSR count). The van der Waals surface area contributed by atoms with E-state index in [0.29, 0.717) is 26.1 Å². The first-order valence-corrected chi connectivity index (χ1v) is 8.96. The van der Waals surface area contributed by atoms with Crippen molar-refractivity contribution >= 4 is 17.7 Å². The molecule has 0 radical (unpaired) electrons. The zero-order valence-electron chi connectivity index (χ0n) is 15.5. The summed E-state index contributed by atoms with van der Waals surface area (Å²) >= 11 is 0. The van der Waals surface area contributed by atoms with Crippen molar-refractivity contribution in [2.75, 3.05) is 33.5 Å². The lowest BCUT2D eigenvalue weighted by Gasteiger charge is -2.50. The Morgan fingerprint density at radius 2 is 1.93 bits per heavy atom. The monoisotopic (exact) mass is 389 g/mol. The number of aliphatic hydroxyl groups is 1. The van der Waals surface area contributed by atoms with Crippen LogP contribution in [0.2, 0.25) is 0 Å². The summed E-state index contributed by atoms with van der Waals surface area (Å²) in [6.07, 6.45) is 0.0584. The van der Waals surface area contributed by atoms with Gasteiger partial charge in [-0.3, -0.25) is 14.6 Å². The Bertz CT molecular complexity index is 781. The van der Waals surface area contributed by atoms with Crippen LogP contribution in [-0.4, -0.2) is 88.4 Å². The average Bonchev–Trinajstić information content (AvgIpc) is 2.69. The highest BCUT2D eigenvalue weighted by Gasteiger charge is 2.49. The van der Waals surface area contributed by atoms with E-state index in [4.69, 9.17) is 4.74 Å². The second-order valence-corrected chi connectivity index (χ2v) is 6.68. The summed E-state index contributed by atoms with van der Waals surface area (Å²) in [6, 6.07) is 8.53. The van der Waals surface area contributed by atoms with Crippen LogP contribution in [0, 0.1) is 0 Å². The van der Waals surface area contributed by atoms with Crippen LogP contribution in [0.15, 0.2) is 42.1 Å². The van der Waals surface area contributed by atoms with Gasteiger partial charge >= 0.3 is 5.97 Å². The molecule has 9 nitrogen and oxygen atoms in total. The summed E-state index contributed by atoms with van der Waals surface area (Å²) in [7, 11) is 1.52. The van der Waals surface area contributed by atoms with Crippen molar-refractivity contribution in [1.82, 2.24) is 14.9 Å². The lowest BCUT2D eigenvalue weighted by Crippen LogP contribution is -2.69. The van der Waals surface area contributed by atoms with Crippen LogP contribution < -0.4 is 0 Å². The second-order valence-electron chi connectivity index (χ2n) is 6.68. The molecule has 1 saturated heterocycles. The summed E-state index contributed by atoms with van der Waals surface area (Å²) in [4.78, 5) is 38.0. The van der Waals surface area contributed by atoms with Crippen LogP contribution in [0.25, 0.3) is 0 Å². The largest absolute Gasteiger partial charge is 0.478 e. The van der Waals surface area contributed by atoms with Gasteiger partial charge in [-0.05, 0) is 12.0 Å². The topological polar surface area (TPSA) is 111 Å². The maximum atomic E-state index is 12.8. The quantitative estimate of drug-likeness (QED) is 0.599. The summed E-state index contributed by atoms with van der Waals surface area (Å²) in [5.74, 6) is -2.83. The van der Waals surface area contributed by atoms with Crippen molar-refractivity contribution in [2.24, 2.45) is 0 Å². The van der Waals surface area contributed by atoms with E-state index < -0.39 is 35.4 Å². The lowest BCUT2D eigenvalue weighted by atomic mass is 9.95. The van der Waals surface area contributed by atoms with Gasteiger partial charge in [-0.2, -0.15) is 0 Å². The number of hydrazine groups is 1. The molecule has 0 spiro atoms. The molecule has 0 aromatic heterocycles. The minimum absolute atomic E-state index is 0.204. The number of hydrogen-bond donors (Lipinski definition) is 2. The van der Waals surface area contributed by atoms with Crippen LogP contribution in [0.3, 0.4) is 0 Å². The van der Waals surface area contributed by atoms with Gasteiger partial charge in [0.2, 0.25) is 5.78 Å². The fourth-order valence-electron chi connectivity index (χ4n) is 3.39. The number of ketones is 1. The van der Waals surface area contributed by atoms with Crippen molar-refractivity contribution in [3.63, 3.8) is 0 Å². The molecule has 0 aliphatic carbocycles. The molecule has 2 unspecified atom stereocenters. The number of nitrogens with zero attached hydrogens (tertiary/aromatic N) is 3. The molecule has 2 atom stereocenters. The third-order valence-corrected chi connectivity index (χ3v) is 4.90. The van der Waals surface area contributed by atoms with Crippen LogP contribution in [-0.2, 0) is 25.5 Å². The number of benzene rings is 1. The number of carbonyl (C=O) groups excluding carboxylic acids is 2. The molecule has 1 amide bonds. The smallest absolute Gasteiger partial charge is 0.340 e. The van der Waals surface area contributed by atoms with Crippen molar-refractivity contribution in [3.05, 3.63) is 47.7 Å². The third kappa shape index (κ3) is 3.91. The standard InChI is InChI=1S/C19H23N3O6/c1-28-10-9-20-12-21(8-7-13-5-3-2-4-6-13)22-11-14(19(26)27)16(23)17(24)15(22)18(20)25/h2-6,11,15,17,24H,7-10,12H2,1H3,(H,26,27). The first-order valence-electron chi connectivity index (χ1n) is 8.96. The highest BCUT2D eigenvalue weighted by molar-refractivity contribution is 6.20. The number of amides is 1. The predicted molar refractivity (Wildman–Crippen MR) is 97.7 cm³/mol. The van der Waals surface area contributed by atoms with Crippen molar-refractivity contribution in [1.29, 1.82) is 0 Å². The van der Waals surface area contributed by atoms with Gasteiger partial charge in [-0.25, -0.2) is 9.80 Å². The zero-order chi connectivity index (χ0) is 20.3. The number of fused-ring (bicyclic) bond motifs is 1. The molecule has 1 aromatic rings. The third-order valence-electron chi connectivity index (χ3n) is 4.90. The molecule has 0 bridgehead atoms. The molecule has 0 saturated carbocycles. The lowest BCUT2D eigenvalue weighted by molar-refractivity contribution is -0.181. The van der Waals surface area contributed by atoms with Gasteiger partial charge in [-0.15, -0.1) is 0 Å². The van der Waals surface area contributed by atoms with Crippen LogP contribution in [0.5, 0.6) is 0 Å². The molecule has 1 fully saturated rings. The van der Waals surface area contributed by atoms with Gasteiger partial charge in [0.05, 0.1) is 13.3 Å². The summed E-state index contributed by atoms with van der Waals surface area (Å²) in [5.41, 5.74) is 0.544. The average molecular weight is 389 g/mol. The summed E-state index contributed by atoms with van der Waals surface area (Å²) < 4.78 is 5.04. The first-order chi connectivity index (χ1) is 13.4. The second kappa shape index (κ2) is 8.51. The zero-order valence-corrected chi connectivity index (χ0v) is 15.5. The Hall–Kier alpha value is -2.75. The maximum Gasteiger partial charge on any atom is 0.340 e. The Labute approximate surface area is 162 Å². The fraction of sp³-hybridized carbons (Fsp3) is 0.421. The number of Topliss-reactive ketones (excluding diaryl/α,β-unsaturated/α-hetero) is 1. The van der Waals surface area contributed by atoms with Crippen molar-refractivity contribution in [2.45, 2.75) is 18.6 Å². The number of aliphatic hydroxyl groups excluding tert-OH is 1. The molecule has 2 aliphatic rings. The Morgan fingerprint density at radius 1 is 1.21 bits per heavy atom. The number of carboxylic acid groups (broad SMARTS) is 1. The van der Waals surface area contributed by atoms with E-state index in [1.807, 2.05) is 30.3 Å². The van der Waals surface area contributed by atoms with E-state index in [-0.39, 0.29) is 6.67 Å². The minimum atomic E-state index is -1.74. The number of carboxylic acids is 1. The van der Waals surface area contributed by atoms with E-state index in [2.05, 4.69) is 0 Å². The van der Waals surface area contributed by atoms with E-state index >= 15 is 0 Å². The molecule has 2 heterocycles. The van der Waals surface area contributed by atoms with Gasteiger partial charge in [0.25, 0.3) is 5.91 Å². The highest BCUT2D eigenvalue weighted by Crippen LogP contribution is 2.26. The SMILES string of the molecule is COCCN1CN(CCc2ccccc2)N2C=C(C(=O)O)C(=O)C(O)C2C1=O. The Morgan fingerprint density at radius 3 is 2.57 bits per heavy atom. The maximum absolute atomic E-state index is 12.8.